The molecular weight excluding hydrogens is 402 g/mol. The maximum atomic E-state index is 10.6. The van der Waals surface area contributed by atoms with E-state index >= 15 is 0 Å². The molecule has 0 fully saturated rings. The van der Waals surface area contributed by atoms with Crippen molar-refractivity contribution in [1.82, 2.24) is 9.80 Å². The number of carboxylic acid groups (broad SMARTS) is 4. The van der Waals surface area contributed by atoms with Gasteiger partial charge in [-0.25, -0.2) is 0 Å². The average molecular weight is 418 g/mol. The van der Waals surface area contributed by atoms with Gasteiger partial charge in [0.1, 0.15) is 0 Å². The summed E-state index contributed by atoms with van der Waals surface area (Å²) in [5.74, 6) is -4.91. The van der Waals surface area contributed by atoms with Crippen molar-refractivity contribution in [2.75, 3.05) is 39.3 Å². The Hall–Kier alpha value is 2.32. The zero-order valence-corrected chi connectivity index (χ0v) is 22.4. The van der Waals surface area contributed by atoms with Crippen molar-refractivity contribution in [3.05, 3.63) is 0 Å². The fourth-order valence-electron chi connectivity index (χ4n) is 1.48. The minimum atomic E-state index is -1.23. The van der Waals surface area contributed by atoms with Crippen LogP contribution in [0.4, 0.5) is 0 Å². The van der Waals surface area contributed by atoms with Crippen molar-refractivity contribution >= 4 is 99.4 Å². The summed E-state index contributed by atoms with van der Waals surface area (Å²) in [6, 6.07) is 0. The molecule has 114 valence electrons. The molecule has 0 heterocycles. The third-order valence-corrected chi connectivity index (χ3v) is 2.17. The molecular formula is C10H16Ca2N2Na2O8+6. The number of rotatable bonds is 11. The number of hydrogen-bond donors (Lipinski definition) is 4. The van der Waals surface area contributed by atoms with E-state index in [0.29, 0.717) is 0 Å². The van der Waals surface area contributed by atoms with Crippen LogP contribution in [0.15, 0.2) is 0 Å². The van der Waals surface area contributed by atoms with E-state index in [4.69, 9.17) is 20.4 Å². The van der Waals surface area contributed by atoms with Gasteiger partial charge in [-0.15, -0.1) is 0 Å². The maximum Gasteiger partial charge on any atom is 2.00 e. The van der Waals surface area contributed by atoms with Gasteiger partial charge in [0, 0.05) is 13.1 Å². The van der Waals surface area contributed by atoms with Crippen molar-refractivity contribution in [2.45, 2.75) is 0 Å². The van der Waals surface area contributed by atoms with Gasteiger partial charge in [0.25, 0.3) is 0 Å². The van der Waals surface area contributed by atoms with Gasteiger partial charge < -0.3 is 20.4 Å². The molecule has 0 unspecified atom stereocenters. The first-order valence-electron chi connectivity index (χ1n) is 5.52. The molecule has 0 radical (unpaired) electrons. The molecule has 0 aromatic rings. The SMILES string of the molecule is O=C(O)CN(CCN(CC(=O)O)CC(=O)O)CC(=O)O.[Ca+2].[Ca+2].[Na+].[Na+]. The first-order chi connectivity index (χ1) is 9.20. The molecule has 24 heavy (non-hydrogen) atoms. The second kappa shape index (κ2) is 21.6. The first-order valence-corrected chi connectivity index (χ1v) is 5.52. The summed E-state index contributed by atoms with van der Waals surface area (Å²) in [5.41, 5.74) is 0. The Morgan fingerprint density at radius 1 is 0.542 bits per heavy atom. The van der Waals surface area contributed by atoms with Crippen molar-refractivity contribution in [3.8, 4) is 0 Å². The molecule has 0 spiro atoms. The van der Waals surface area contributed by atoms with E-state index in [-0.39, 0.29) is 148 Å². The molecule has 0 aliphatic heterocycles. The Balaban J connectivity index is -0.000000301. The standard InChI is InChI=1S/C10H16N2O8.2Ca.2Na/c13-7(14)3-11(4-8(15)16)1-2-12(5-9(17)18)6-10(19)20;;;;/h1-6H2,(H,13,14)(H,15,16)(H,17,18)(H,19,20);;;;/q;2*+2;2*+1. The molecule has 0 aromatic heterocycles. The fourth-order valence-corrected chi connectivity index (χ4v) is 1.48. The Morgan fingerprint density at radius 3 is 0.833 bits per heavy atom. The van der Waals surface area contributed by atoms with Gasteiger partial charge in [0.15, 0.2) is 0 Å². The second-order valence-electron chi connectivity index (χ2n) is 4.00. The van der Waals surface area contributed by atoms with E-state index in [2.05, 4.69) is 0 Å². The number of carbonyl (C=O) groups is 4. The monoisotopic (exact) mass is 418 g/mol. The topological polar surface area (TPSA) is 156 Å². The normalized spacial score (nSPS) is 8.92. The van der Waals surface area contributed by atoms with Gasteiger partial charge in [-0.2, -0.15) is 0 Å². The van der Waals surface area contributed by atoms with Crippen molar-refractivity contribution in [3.63, 3.8) is 0 Å². The number of hydrogen-bond acceptors (Lipinski definition) is 6. The van der Waals surface area contributed by atoms with Crippen molar-refractivity contribution in [2.24, 2.45) is 0 Å². The van der Waals surface area contributed by atoms with Crippen LogP contribution in [-0.4, -0.2) is 169 Å². The Bertz CT molecular complexity index is 335. The third-order valence-electron chi connectivity index (χ3n) is 2.17. The molecule has 0 rings (SSSR count). The molecule has 0 aliphatic carbocycles. The third kappa shape index (κ3) is 24.3. The Kier molecular flexibility index (Phi) is 33.4. The van der Waals surface area contributed by atoms with Crippen molar-refractivity contribution < 1.29 is 98.7 Å². The minimum absolute atomic E-state index is 0. The second-order valence-corrected chi connectivity index (χ2v) is 4.00. The smallest absolute Gasteiger partial charge is 0.480 e. The zero-order valence-electron chi connectivity index (χ0n) is 14.0. The van der Waals surface area contributed by atoms with Crippen LogP contribution in [0.5, 0.6) is 0 Å². The summed E-state index contributed by atoms with van der Waals surface area (Å²) in [6.45, 7) is -2.25. The van der Waals surface area contributed by atoms with Crippen LogP contribution >= 0.6 is 0 Å². The van der Waals surface area contributed by atoms with E-state index in [1.807, 2.05) is 0 Å². The number of aliphatic carboxylic acids is 4. The number of carboxylic acids is 4. The van der Waals surface area contributed by atoms with Gasteiger partial charge in [-0.05, 0) is 0 Å². The Morgan fingerprint density at radius 2 is 0.708 bits per heavy atom. The van der Waals surface area contributed by atoms with E-state index in [1.54, 1.807) is 0 Å². The summed E-state index contributed by atoms with van der Waals surface area (Å²) >= 11 is 0. The summed E-state index contributed by atoms with van der Waals surface area (Å²) < 4.78 is 0. The molecule has 0 saturated heterocycles. The van der Waals surface area contributed by atoms with Crippen molar-refractivity contribution in [1.29, 1.82) is 0 Å². The van der Waals surface area contributed by atoms with Gasteiger partial charge in [-0.1, -0.05) is 0 Å². The van der Waals surface area contributed by atoms with Gasteiger partial charge in [0.05, 0.1) is 26.2 Å². The van der Waals surface area contributed by atoms with Gasteiger partial charge in [0.2, 0.25) is 0 Å². The van der Waals surface area contributed by atoms with E-state index < -0.39 is 50.1 Å². The van der Waals surface area contributed by atoms with Crippen LogP contribution < -0.4 is 59.1 Å². The molecule has 10 nitrogen and oxygen atoms in total. The fraction of sp³-hybridized carbons (Fsp3) is 0.600. The minimum Gasteiger partial charge on any atom is -0.480 e. The van der Waals surface area contributed by atoms with E-state index in [0.717, 1.165) is 9.80 Å². The molecule has 14 heteroatoms. The average Bonchev–Trinajstić information content (AvgIpc) is 2.22. The largest absolute Gasteiger partial charge is 2.00 e. The summed E-state index contributed by atoms with van der Waals surface area (Å²) in [4.78, 5) is 44.4. The predicted octanol–water partition coefficient (Wildman–Crippen LogP) is -8.82. The summed E-state index contributed by atoms with van der Waals surface area (Å²) in [6.07, 6.45) is 0. The van der Waals surface area contributed by atoms with Gasteiger partial charge >= 0.3 is 158 Å². The van der Waals surface area contributed by atoms with Crippen LogP contribution in [0.1, 0.15) is 0 Å². The number of nitrogens with zero attached hydrogens (tertiary/aromatic N) is 2. The molecule has 0 aromatic carbocycles. The maximum absolute atomic E-state index is 10.6. The van der Waals surface area contributed by atoms with Gasteiger partial charge in [-0.3, -0.25) is 29.0 Å². The molecule has 0 atom stereocenters. The molecule has 0 amide bonds. The van der Waals surface area contributed by atoms with E-state index in [9.17, 15) is 19.2 Å². The quantitative estimate of drug-likeness (QED) is 0.238. The molecule has 0 bridgehead atoms. The van der Waals surface area contributed by atoms with Crippen LogP contribution in [0, 0.1) is 0 Å². The van der Waals surface area contributed by atoms with Crippen LogP contribution in [0.2, 0.25) is 0 Å². The summed E-state index contributed by atoms with van der Waals surface area (Å²) in [7, 11) is 0. The molecule has 0 aliphatic rings. The Labute approximate surface area is 242 Å². The zero-order chi connectivity index (χ0) is 15.7. The molecule has 4 N–H and O–H groups in total. The molecule has 0 saturated carbocycles. The van der Waals surface area contributed by atoms with Crippen LogP contribution in [0.3, 0.4) is 0 Å². The summed E-state index contributed by atoms with van der Waals surface area (Å²) in [5, 5.41) is 34.5. The van der Waals surface area contributed by atoms with E-state index in [1.165, 1.54) is 0 Å². The van der Waals surface area contributed by atoms with Crippen LogP contribution in [0.25, 0.3) is 0 Å². The first kappa shape index (κ1) is 37.1. The van der Waals surface area contributed by atoms with Crippen LogP contribution in [-0.2, 0) is 19.2 Å². The predicted molar refractivity (Wildman–Crippen MR) is 74.9 cm³/mol.